The van der Waals surface area contributed by atoms with Crippen molar-refractivity contribution < 1.29 is 4.74 Å². The van der Waals surface area contributed by atoms with Gasteiger partial charge in [-0.25, -0.2) is 4.98 Å². The topological polar surface area (TPSA) is 32.0 Å². The summed E-state index contributed by atoms with van der Waals surface area (Å²) in [5.41, 5.74) is 4.21. The molecular formula is C19H17N3O. The summed E-state index contributed by atoms with van der Waals surface area (Å²) in [6.45, 7) is 1.98. The van der Waals surface area contributed by atoms with Crippen LogP contribution in [0.15, 0.2) is 67.3 Å². The fraction of sp³-hybridized carbons (Fsp3) is 0.105. The SMILES string of the molecule is COc1cc(-n2ccc3ccccc32)ccc1-n1cnc(C)c1. The van der Waals surface area contributed by atoms with Gasteiger partial charge in [0.25, 0.3) is 0 Å². The molecule has 0 atom stereocenters. The zero-order valence-electron chi connectivity index (χ0n) is 13.1. The first-order valence-electron chi connectivity index (χ1n) is 7.52. The van der Waals surface area contributed by atoms with Gasteiger partial charge in [0, 0.05) is 24.1 Å². The minimum absolute atomic E-state index is 0.817. The monoisotopic (exact) mass is 303 g/mol. The van der Waals surface area contributed by atoms with Crippen molar-refractivity contribution in [1.29, 1.82) is 0 Å². The van der Waals surface area contributed by atoms with E-state index in [1.165, 1.54) is 10.9 Å². The molecule has 0 saturated heterocycles. The maximum Gasteiger partial charge on any atom is 0.144 e. The van der Waals surface area contributed by atoms with E-state index in [0.29, 0.717) is 0 Å². The lowest BCUT2D eigenvalue weighted by atomic mass is 10.2. The van der Waals surface area contributed by atoms with Gasteiger partial charge in [-0.1, -0.05) is 18.2 Å². The number of hydrogen-bond acceptors (Lipinski definition) is 2. The number of rotatable bonds is 3. The highest BCUT2D eigenvalue weighted by atomic mass is 16.5. The normalized spacial score (nSPS) is 11.0. The molecule has 0 spiro atoms. The van der Waals surface area contributed by atoms with Crippen LogP contribution in [-0.4, -0.2) is 21.2 Å². The smallest absolute Gasteiger partial charge is 0.144 e. The summed E-state index contributed by atoms with van der Waals surface area (Å²) in [7, 11) is 1.69. The van der Waals surface area contributed by atoms with Gasteiger partial charge >= 0.3 is 0 Å². The number of ether oxygens (including phenoxy) is 1. The molecule has 4 nitrogen and oxygen atoms in total. The van der Waals surface area contributed by atoms with E-state index in [4.69, 9.17) is 4.74 Å². The van der Waals surface area contributed by atoms with Gasteiger partial charge in [0.05, 0.1) is 30.3 Å². The van der Waals surface area contributed by atoms with Gasteiger partial charge in [-0.2, -0.15) is 0 Å². The lowest BCUT2D eigenvalue weighted by Crippen LogP contribution is -1.99. The molecule has 2 aromatic heterocycles. The van der Waals surface area contributed by atoms with Crippen LogP contribution in [0, 0.1) is 6.92 Å². The van der Waals surface area contributed by atoms with Crippen LogP contribution in [-0.2, 0) is 0 Å². The third-order valence-electron chi connectivity index (χ3n) is 4.03. The van der Waals surface area contributed by atoms with Gasteiger partial charge in [0.2, 0.25) is 0 Å². The van der Waals surface area contributed by atoms with Crippen LogP contribution in [0.1, 0.15) is 5.69 Å². The van der Waals surface area contributed by atoms with E-state index in [2.05, 4.69) is 64.3 Å². The zero-order valence-corrected chi connectivity index (χ0v) is 13.1. The van der Waals surface area contributed by atoms with Crippen molar-refractivity contribution in [2.45, 2.75) is 6.92 Å². The van der Waals surface area contributed by atoms with Crippen LogP contribution < -0.4 is 4.74 Å². The minimum Gasteiger partial charge on any atom is -0.494 e. The van der Waals surface area contributed by atoms with Crippen molar-refractivity contribution in [3.8, 4) is 17.1 Å². The summed E-state index contributed by atoms with van der Waals surface area (Å²) in [5.74, 6) is 0.817. The Bertz CT molecular complexity index is 981. The highest BCUT2D eigenvalue weighted by molar-refractivity contribution is 5.82. The lowest BCUT2D eigenvalue weighted by Gasteiger charge is -2.12. The molecule has 0 amide bonds. The van der Waals surface area contributed by atoms with Crippen molar-refractivity contribution in [2.75, 3.05) is 7.11 Å². The van der Waals surface area contributed by atoms with Crippen LogP contribution in [0.5, 0.6) is 5.75 Å². The Labute approximate surface area is 134 Å². The van der Waals surface area contributed by atoms with E-state index >= 15 is 0 Å². The number of hydrogen-bond donors (Lipinski definition) is 0. The van der Waals surface area contributed by atoms with Crippen LogP contribution >= 0.6 is 0 Å². The van der Waals surface area contributed by atoms with Crippen LogP contribution in [0.25, 0.3) is 22.3 Å². The molecule has 0 aliphatic rings. The molecular weight excluding hydrogens is 286 g/mol. The van der Waals surface area contributed by atoms with Crippen molar-refractivity contribution in [3.05, 3.63) is 72.9 Å². The average Bonchev–Trinajstić information content (AvgIpc) is 3.20. The molecule has 23 heavy (non-hydrogen) atoms. The first kappa shape index (κ1) is 13.6. The quantitative estimate of drug-likeness (QED) is 0.570. The van der Waals surface area contributed by atoms with Gasteiger partial charge in [0.1, 0.15) is 5.75 Å². The molecule has 4 rings (SSSR count). The molecule has 0 fully saturated rings. The van der Waals surface area contributed by atoms with E-state index in [1.807, 2.05) is 17.7 Å². The second-order valence-electron chi connectivity index (χ2n) is 5.52. The number of benzene rings is 2. The number of nitrogens with zero attached hydrogens (tertiary/aromatic N) is 3. The molecule has 0 bridgehead atoms. The van der Waals surface area contributed by atoms with E-state index < -0.39 is 0 Å². The summed E-state index contributed by atoms with van der Waals surface area (Å²) in [6, 6.07) is 16.7. The maximum absolute atomic E-state index is 5.60. The summed E-state index contributed by atoms with van der Waals surface area (Å²) in [5, 5.41) is 1.22. The van der Waals surface area contributed by atoms with Crippen molar-refractivity contribution >= 4 is 10.9 Å². The van der Waals surface area contributed by atoms with Gasteiger partial charge in [-0.3, -0.25) is 0 Å². The number of para-hydroxylation sites is 1. The van der Waals surface area contributed by atoms with Gasteiger partial charge in [-0.05, 0) is 36.6 Å². The molecule has 0 radical (unpaired) electrons. The maximum atomic E-state index is 5.60. The van der Waals surface area contributed by atoms with E-state index in [-0.39, 0.29) is 0 Å². The van der Waals surface area contributed by atoms with Crippen molar-refractivity contribution in [1.82, 2.24) is 14.1 Å². The first-order chi connectivity index (χ1) is 11.3. The molecule has 4 aromatic rings. The molecule has 0 saturated carbocycles. The molecule has 114 valence electrons. The standard InChI is InChI=1S/C19H17N3O/c1-14-12-21(13-20-14)18-8-7-16(11-19(18)23-2)22-10-9-15-5-3-4-6-17(15)22/h3-13H,1-2H3. The number of imidazole rings is 1. The van der Waals surface area contributed by atoms with Crippen LogP contribution in [0.2, 0.25) is 0 Å². The van der Waals surface area contributed by atoms with E-state index in [1.54, 1.807) is 13.4 Å². The Balaban J connectivity index is 1.85. The van der Waals surface area contributed by atoms with Crippen LogP contribution in [0.3, 0.4) is 0 Å². The Hall–Kier alpha value is -3.01. The van der Waals surface area contributed by atoms with Crippen molar-refractivity contribution in [2.24, 2.45) is 0 Å². The Morgan fingerprint density at radius 3 is 2.70 bits per heavy atom. The summed E-state index contributed by atoms with van der Waals surface area (Å²) < 4.78 is 9.74. The average molecular weight is 303 g/mol. The Kier molecular flexibility index (Phi) is 3.15. The summed E-state index contributed by atoms with van der Waals surface area (Å²) >= 11 is 0. The van der Waals surface area contributed by atoms with Gasteiger partial charge < -0.3 is 13.9 Å². The summed E-state index contributed by atoms with van der Waals surface area (Å²) in [4.78, 5) is 4.28. The predicted molar refractivity (Wildman–Crippen MR) is 91.7 cm³/mol. The third kappa shape index (κ3) is 2.28. The molecule has 0 aliphatic carbocycles. The number of fused-ring (bicyclic) bond motifs is 1. The van der Waals surface area contributed by atoms with E-state index in [0.717, 1.165) is 22.8 Å². The fourth-order valence-corrected chi connectivity index (χ4v) is 2.89. The number of methoxy groups -OCH3 is 1. The Morgan fingerprint density at radius 1 is 1.04 bits per heavy atom. The molecule has 0 N–H and O–H groups in total. The first-order valence-corrected chi connectivity index (χ1v) is 7.52. The predicted octanol–water partition coefficient (Wildman–Crippen LogP) is 4.13. The highest BCUT2D eigenvalue weighted by Gasteiger charge is 2.09. The highest BCUT2D eigenvalue weighted by Crippen LogP contribution is 2.28. The molecule has 0 aliphatic heterocycles. The largest absolute Gasteiger partial charge is 0.494 e. The van der Waals surface area contributed by atoms with Gasteiger partial charge in [-0.15, -0.1) is 0 Å². The molecule has 2 heterocycles. The third-order valence-corrected chi connectivity index (χ3v) is 4.03. The lowest BCUT2D eigenvalue weighted by molar-refractivity contribution is 0.412. The minimum atomic E-state index is 0.817. The van der Waals surface area contributed by atoms with Crippen molar-refractivity contribution in [3.63, 3.8) is 0 Å². The molecule has 0 unspecified atom stereocenters. The molecule has 4 heteroatoms. The Morgan fingerprint density at radius 2 is 1.91 bits per heavy atom. The second kappa shape index (κ2) is 5.32. The number of aromatic nitrogens is 3. The molecule has 2 aromatic carbocycles. The zero-order chi connectivity index (χ0) is 15.8. The second-order valence-corrected chi connectivity index (χ2v) is 5.52. The fourth-order valence-electron chi connectivity index (χ4n) is 2.89. The van der Waals surface area contributed by atoms with Crippen LogP contribution in [0.4, 0.5) is 0 Å². The van der Waals surface area contributed by atoms with Gasteiger partial charge in [0.15, 0.2) is 0 Å². The van der Waals surface area contributed by atoms with E-state index in [9.17, 15) is 0 Å². The summed E-state index contributed by atoms with van der Waals surface area (Å²) in [6.07, 6.45) is 5.88. The number of aryl methyl sites for hydroxylation is 1.